The number of aliphatic hydroxyl groups excluding tert-OH is 7. The summed E-state index contributed by atoms with van der Waals surface area (Å²) in [6, 6.07) is 4.71. The van der Waals surface area contributed by atoms with E-state index in [2.05, 4.69) is 10.6 Å². The van der Waals surface area contributed by atoms with Crippen LogP contribution in [0.4, 0.5) is 4.79 Å². The Balaban J connectivity index is 2.00. The molecule has 0 aromatic heterocycles. The van der Waals surface area contributed by atoms with E-state index in [9.17, 15) is 40.5 Å². The number of nitrogens with two attached hydrogens (primary N) is 1. The highest BCUT2D eigenvalue weighted by atomic mass is 16.7. The summed E-state index contributed by atoms with van der Waals surface area (Å²) in [5.41, 5.74) is 7.17. The Hall–Kier alpha value is -3.02. The minimum atomic E-state index is -1.67. The van der Waals surface area contributed by atoms with Gasteiger partial charge in [0.15, 0.2) is 0 Å². The van der Waals surface area contributed by atoms with E-state index in [1.54, 1.807) is 12.1 Å². The number of aliphatic hydroxyl groups is 7. The third kappa shape index (κ3) is 9.74. The number of nitrogens with one attached hydrogen (secondary N) is 3. The lowest BCUT2D eigenvalue weighted by Gasteiger charge is -2.39. The maximum absolute atomic E-state index is 12.0. The van der Waals surface area contributed by atoms with Gasteiger partial charge in [-0.1, -0.05) is 19.9 Å². The van der Waals surface area contributed by atoms with Crippen molar-refractivity contribution in [1.82, 2.24) is 10.6 Å². The minimum Gasteiger partial charge on any atom is -0.494 e. The molecule has 1 saturated heterocycles. The molecular weight excluding hydrogens is 568 g/mol. The number of urea groups is 1. The quantitative estimate of drug-likeness (QED) is 0.0581. The Bertz CT molecular complexity index is 1090. The molecule has 1 fully saturated rings. The average Bonchev–Trinajstić information content (AvgIpc) is 2.99. The molecule has 15 heteroatoms. The SMILES string of the molecule is Cc1cc(OCCCNC(=O)NC(CO)(CO)CO)ccc1C/C(C(=N)OC1OC(CO)[C@@H](O)C(O)[C@H]1O)=C(/N)C(C)C. The van der Waals surface area contributed by atoms with Gasteiger partial charge in [-0.15, -0.1) is 0 Å². The van der Waals surface area contributed by atoms with Crippen LogP contribution >= 0.6 is 0 Å². The van der Waals surface area contributed by atoms with Crippen molar-refractivity contribution in [3.8, 4) is 5.75 Å². The predicted octanol–water partition coefficient (Wildman–Crippen LogP) is -2.02. The normalized spacial score (nSPS) is 23.0. The molecule has 0 aliphatic carbocycles. The molecule has 1 aromatic rings. The molecule has 2 rings (SSSR count). The number of hydrogen-bond acceptors (Lipinski definition) is 13. The lowest BCUT2D eigenvalue weighted by atomic mass is 9.95. The summed E-state index contributed by atoms with van der Waals surface area (Å²) in [5.74, 6) is 0.0289. The molecule has 0 bridgehead atoms. The summed E-state index contributed by atoms with van der Waals surface area (Å²) < 4.78 is 16.7. The van der Waals surface area contributed by atoms with Gasteiger partial charge in [0.1, 0.15) is 35.7 Å². The topological polar surface area (TPSA) is 260 Å². The van der Waals surface area contributed by atoms with Crippen molar-refractivity contribution in [2.75, 3.05) is 39.6 Å². The van der Waals surface area contributed by atoms with Crippen LogP contribution in [-0.4, -0.2) is 123 Å². The maximum atomic E-state index is 12.0. The van der Waals surface area contributed by atoms with Crippen LogP contribution in [0.2, 0.25) is 0 Å². The van der Waals surface area contributed by atoms with Gasteiger partial charge in [0.05, 0.1) is 33.0 Å². The van der Waals surface area contributed by atoms with Gasteiger partial charge >= 0.3 is 6.03 Å². The number of carbonyl (C=O) groups excluding carboxylic acids is 1. The van der Waals surface area contributed by atoms with Crippen LogP contribution in [0.3, 0.4) is 0 Å². The predicted molar refractivity (Wildman–Crippen MR) is 154 cm³/mol. The number of aryl methyl sites for hydroxylation is 1. The molecule has 2 amide bonds. The molecule has 3 unspecified atom stereocenters. The van der Waals surface area contributed by atoms with E-state index in [-0.39, 0.29) is 31.4 Å². The van der Waals surface area contributed by atoms with Gasteiger partial charge in [-0.25, -0.2) is 4.79 Å². The summed E-state index contributed by atoms with van der Waals surface area (Å²) in [6.07, 6.45) is -6.93. The van der Waals surface area contributed by atoms with Crippen molar-refractivity contribution in [2.24, 2.45) is 11.7 Å². The molecule has 1 aliphatic rings. The molecule has 244 valence electrons. The van der Waals surface area contributed by atoms with Gasteiger partial charge in [0.25, 0.3) is 0 Å². The number of allylic oxidation sites excluding steroid dienone is 1. The molecule has 43 heavy (non-hydrogen) atoms. The first-order valence-electron chi connectivity index (χ1n) is 14.0. The number of hydrogen-bond donors (Lipinski definition) is 11. The zero-order chi connectivity index (χ0) is 32.3. The van der Waals surface area contributed by atoms with Crippen molar-refractivity contribution >= 4 is 11.9 Å². The number of carbonyl (C=O) groups is 1. The summed E-state index contributed by atoms with van der Waals surface area (Å²) in [7, 11) is 0. The van der Waals surface area contributed by atoms with Gasteiger partial charge in [-0.05, 0) is 42.5 Å². The molecule has 0 radical (unpaired) electrons. The van der Waals surface area contributed by atoms with Crippen molar-refractivity contribution in [3.05, 3.63) is 40.6 Å². The fourth-order valence-corrected chi connectivity index (χ4v) is 4.18. The van der Waals surface area contributed by atoms with E-state index in [4.69, 9.17) is 25.4 Å². The smallest absolute Gasteiger partial charge is 0.315 e. The Morgan fingerprint density at radius 2 is 1.74 bits per heavy atom. The van der Waals surface area contributed by atoms with E-state index in [1.807, 2.05) is 26.8 Å². The summed E-state index contributed by atoms with van der Waals surface area (Å²) >= 11 is 0. The molecule has 1 aromatic carbocycles. The lowest BCUT2D eigenvalue weighted by molar-refractivity contribution is -0.281. The third-order valence-corrected chi connectivity index (χ3v) is 7.17. The van der Waals surface area contributed by atoms with Crippen LogP contribution in [0.15, 0.2) is 29.5 Å². The largest absolute Gasteiger partial charge is 0.494 e. The second-order valence-corrected chi connectivity index (χ2v) is 10.8. The van der Waals surface area contributed by atoms with Gasteiger partial charge in [-0.2, -0.15) is 0 Å². The Kier molecular flexibility index (Phi) is 14.1. The first-order valence-corrected chi connectivity index (χ1v) is 14.0. The van der Waals surface area contributed by atoms with Crippen LogP contribution in [0, 0.1) is 18.3 Å². The third-order valence-electron chi connectivity index (χ3n) is 7.17. The van der Waals surface area contributed by atoms with Gasteiger partial charge in [0.2, 0.25) is 12.2 Å². The Labute approximate surface area is 250 Å². The highest BCUT2D eigenvalue weighted by Gasteiger charge is 2.45. The lowest BCUT2D eigenvalue weighted by Crippen LogP contribution is -2.59. The zero-order valence-corrected chi connectivity index (χ0v) is 24.7. The van der Waals surface area contributed by atoms with Crippen molar-refractivity contribution in [2.45, 2.75) is 69.9 Å². The first-order chi connectivity index (χ1) is 20.3. The van der Waals surface area contributed by atoms with E-state index in [1.165, 1.54) is 0 Å². The van der Waals surface area contributed by atoms with Crippen molar-refractivity contribution < 1.29 is 54.8 Å². The number of amides is 2. The zero-order valence-electron chi connectivity index (χ0n) is 24.7. The van der Waals surface area contributed by atoms with E-state index in [0.29, 0.717) is 23.4 Å². The second-order valence-electron chi connectivity index (χ2n) is 10.8. The fraction of sp³-hybridized carbons (Fsp3) is 0.643. The van der Waals surface area contributed by atoms with E-state index >= 15 is 0 Å². The highest BCUT2D eigenvalue weighted by Crippen LogP contribution is 2.26. The standard InChI is InChI=1S/C28H46N4O11/c1-15(2)21(29)19(25(30)43-26-24(39)23(38)22(37)20(11-33)42-26)10-17-5-6-18(9-16(17)3)41-8-4-7-31-27(40)32-28(12-34,13-35)14-36/h5-6,9,15,20,22-24,26,30,33-39H,4,7-8,10-14,29H2,1-3H3,(H2,31,32,40)/b21-19-,30-25?/t20?,22-,23?,24-,26?/m1/s1. The van der Waals surface area contributed by atoms with Crippen molar-refractivity contribution in [3.63, 3.8) is 0 Å². The highest BCUT2D eigenvalue weighted by molar-refractivity contribution is 5.92. The van der Waals surface area contributed by atoms with Gasteiger partial charge < -0.3 is 66.3 Å². The van der Waals surface area contributed by atoms with Crippen LogP contribution in [0.5, 0.6) is 5.75 Å². The molecule has 15 nitrogen and oxygen atoms in total. The molecule has 5 atom stereocenters. The van der Waals surface area contributed by atoms with Crippen LogP contribution < -0.4 is 21.1 Å². The molecule has 1 aliphatic heterocycles. The van der Waals surface area contributed by atoms with E-state index < -0.39 is 68.7 Å². The number of ether oxygens (including phenoxy) is 3. The fourth-order valence-electron chi connectivity index (χ4n) is 4.18. The summed E-state index contributed by atoms with van der Waals surface area (Å²) in [6.45, 7) is 3.55. The number of rotatable bonds is 15. The van der Waals surface area contributed by atoms with Crippen LogP contribution in [-0.2, 0) is 15.9 Å². The average molecular weight is 615 g/mol. The second kappa shape index (κ2) is 16.7. The summed E-state index contributed by atoms with van der Waals surface area (Å²) in [5, 5.41) is 81.2. The van der Waals surface area contributed by atoms with Crippen LogP contribution in [0.25, 0.3) is 0 Å². The molecule has 12 N–H and O–H groups in total. The molecule has 0 saturated carbocycles. The maximum Gasteiger partial charge on any atom is 0.315 e. The first kappa shape index (κ1) is 36.2. The molecule has 0 spiro atoms. The summed E-state index contributed by atoms with van der Waals surface area (Å²) in [4.78, 5) is 12.0. The van der Waals surface area contributed by atoms with E-state index in [0.717, 1.165) is 11.1 Å². The molecule has 1 heterocycles. The Morgan fingerprint density at radius 1 is 1.09 bits per heavy atom. The van der Waals surface area contributed by atoms with Gasteiger partial charge in [0, 0.05) is 24.2 Å². The Morgan fingerprint density at radius 3 is 2.30 bits per heavy atom. The number of benzene rings is 1. The van der Waals surface area contributed by atoms with Crippen LogP contribution in [0.1, 0.15) is 31.4 Å². The minimum absolute atomic E-state index is 0.153. The molecular formula is C28H46N4O11. The monoisotopic (exact) mass is 614 g/mol. The van der Waals surface area contributed by atoms with Gasteiger partial charge in [-0.3, -0.25) is 5.41 Å². The van der Waals surface area contributed by atoms with Crippen molar-refractivity contribution in [1.29, 1.82) is 5.41 Å².